The zero-order valence-corrected chi connectivity index (χ0v) is 14.5. The van der Waals surface area contributed by atoms with Gasteiger partial charge in [-0.25, -0.2) is 0 Å². The van der Waals surface area contributed by atoms with E-state index in [1.54, 1.807) is 36.0 Å². The van der Waals surface area contributed by atoms with Gasteiger partial charge in [-0.2, -0.15) is 0 Å². The minimum absolute atomic E-state index is 0.0181. The van der Waals surface area contributed by atoms with Crippen molar-refractivity contribution in [1.29, 1.82) is 0 Å². The Hall–Kier alpha value is -2.06. The molecule has 0 aliphatic carbocycles. The van der Waals surface area contributed by atoms with E-state index in [-0.39, 0.29) is 17.8 Å². The first kappa shape index (κ1) is 15.8. The van der Waals surface area contributed by atoms with Crippen molar-refractivity contribution >= 4 is 39.6 Å². The molecule has 0 bridgehead atoms. The normalized spacial score (nSPS) is 10.7. The van der Waals surface area contributed by atoms with E-state index in [2.05, 4.69) is 38.4 Å². The predicted molar refractivity (Wildman–Crippen MR) is 90.5 cm³/mol. The fourth-order valence-electron chi connectivity index (χ4n) is 1.84. The van der Waals surface area contributed by atoms with Crippen LogP contribution in [0.2, 0.25) is 0 Å². The first-order valence-corrected chi connectivity index (χ1v) is 8.57. The van der Waals surface area contributed by atoms with E-state index >= 15 is 0 Å². The van der Waals surface area contributed by atoms with Crippen molar-refractivity contribution < 1.29 is 13.6 Å². The summed E-state index contributed by atoms with van der Waals surface area (Å²) >= 11 is 4.91. The van der Waals surface area contributed by atoms with Crippen LogP contribution >= 0.6 is 27.7 Å². The number of rotatable bonds is 5. The van der Waals surface area contributed by atoms with Crippen LogP contribution in [-0.4, -0.2) is 21.9 Å². The molecule has 23 heavy (non-hydrogen) atoms. The van der Waals surface area contributed by atoms with E-state index in [0.717, 1.165) is 10.6 Å². The number of furan rings is 1. The van der Waals surface area contributed by atoms with Gasteiger partial charge in [0, 0.05) is 10.5 Å². The zero-order valence-electron chi connectivity index (χ0n) is 12.1. The molecule has 3 aromatic rings. The van der Waals surface area contributed by atoms with Crippen LogP contribution < -0.4 is 5.32 Å². The van der Waals surface area contributed by atoms with Crippen LogP contribution in [0.1, 0.15) is 17.3 Å². The SMILES string of the molecule is CCSc1ccc(C(=O)Nc2nnc(-c3ccc(Br)o3)o2)cc1. The number of hydrogen-bond acceptors (Lipinski definition) is 6. The molecule has 0 aliphatic heterocycles. The standard InChI is InChI=1S/C15H12BrN3O3S/c1-2-23-10-5-3-9(4-6-10)13(20)17-15-19-18-14(22-15)11-7-8-12(16)21-11/h3-8H,2H2,1H3,(H,17,19,20). The molecule has 1 N–H and O–H groups in total. The highest BCUT2D eigenvalue weighted by Crippen LogP contribution is 2.25. The topological polar surface area (TPSA) is 81.2 Å². The number of amides is 1. The number of benzene rings is 1. The summed E-state index contributed by atoms with van der Waals surface area (Å²) in [5.41, 5.74) is 0.519. The molecule has 2 heterocycles. The fourth-order valence-corrected chi connectivity index (χ4v) is 2.81. The molecule has 0 spiro atoms. The average molecular weight is 394 g/mol. The second-order valence-electron chi connectivity index (χ2n) is 4.43. The molecule has 0 saturated carbocycles. The molecule has 0 unspecified atom stereocenters. The first-order chi connectivity index (χ1) is 11.2. The molecule has 1 aromatic carbocycles. The highest BCUT2D eigenvalue weighted by Gasteiger charge is 2.15. The molecule has 0 fully saturated rings. The van der Waals surface area contributed by atoms with E-state index in [1.807, 2.05) is 12.1 Å². The summed E-state index contributed by atoms with van der Waals surface area (Å²) in [6.45, 7) is 2.08. The number of halogens is 1. The Kier molecular flexibility index (Phi) is 4.82. The van der Waals surface area contributed by atoms with Gasteiger partial charge in [-0.1, -0.05) is 12.0 Å². The second kappa shape index (κ2) is 7.01. The highest BCUT2D eigenvalue weighted by molar-refractivity contribution is 9.10. The van der Waals surface area contributed by atoms with Gasteiger partial charge in [-0.05, 0) is 58.1 Å². The van der Waals surface area contributed by atoms with Crippen molar-refractivity contribution in [1.82, 2.24) is 10.2 Å². The number of aromatic nitrogens is 2. The average Bonchev–Trinajstić information content (AvgIpc) is 3.17. The molecule has 0 radical (unpaired) electrons. The Labute approximate surface area is 144 Å². The van der Waals surface area contributed by atoms with Crippen LogP contribution in [0.4, 0.5) is 6.01 Å². The van der Waals surface area contributed by atoms with Crippen molar-refractivity contribution in [3.8, 4) is 11.7 Å². The predicted octanol–water partition coefficient (Wildman–Crippen LogP) is 4.46. The lowest BCUT2D eigenvalue weighted by Gasteiger charge is -2.02. The summed E-state index contributed by atoms with van der Waals surface area (Å²) in [5, 5.41) is 10.2. The van der Waals surface area contributed by atoms with Crippen LogP contribution in [0.3, 0.4) is 0 Å². The van der Waals surface area contributed by atoms with Crippen LogP contribution in [0, 0.1) is 0 Å². The maximum absolute atomic E-state index is 12.2. The molecule has 0 saturated heterocycles. The summed E-state index contributed by atoms with van der Waals surface area (Å²) in [4.78, 5) is 13.3. The lowest BCUT2D eigenvalue weighted by atomic mass is 10.2. The molecule has 3 rings (SSSR count). The molecule has 6 nitrogen and oxygen atoms in total. The van der Waals surface area contributed by atoms with E-state index in [1.165, 1.54) is 0 Å². The minimum Gasteiger partial charge on any atom is -0.444 e. The maximum Gasteiger partial charge on any atom is 0.322 e. The number of nitrogens with zero attached hydrogens (tertiary/aromatic N) is 2. The van der Waals surface area contributed by atoms with Gasteiger partial charge in [0.25, 0.3) is 11.8 Å². The summed E-state index contributed by atoms with van der Waals surface area (Å²) < 4.78 is 11.2. The molecular weight excluding hydrogens is 382 g/mol. The van der Waals surface area contributed by atoms with Crippen molar-refractivity contribution in [2.24, 2.45) is 0 Å². The molecule has 0 atom stereocenters. The number of nitrogens with one attached hydrogen (secondary N) is 1. The summed E-state index contributed by atoms with van der Waals surface area (Å²) in [5.74, 6) is 1.29. The first-order valence-electron chi connectivity index (χ1n) is 6.79. The van der Waals surface area contributed by atoms with Crippen molar-refractivity contribution in [3.05, 3.63) is 46.6 Å². The smallest absolute Gasteiger partial charge is 0.322 e. The summed E-state index contributed by atoms with van der Waals surface area (Å²) in [6, 6.07) is 10.7. The van der Waals surface area contributed by atoms with E-state index < -0.39 is 0 Å². The van der Waals surface area contributed by atoms with Crippen molar-refractivity contribution in [2.75, 3.05) is 11.1 Å². The summed E-state index contributed by atoms with van der Waals surface area (Å²) in [6.07, 6.45) is 0. The van der Waals surface area contributed by atoms with E-state index in [4.69, 9.17) is 8.83 Å². The molecule has 0 aliphatic rings. The third-order valence-corrected chi connectivity index (χ3v) is 4.18. The molecule has 1 amide bonds. The minimum atomic E-state index is -0.311. The van der Waals surface area contributed by atoms with Crippen molar-refractivity contribution in [2.45, 2.75) is 11.8 Å². The zero-order chi connectivity index (χ0) is 16.2. The number of hydrogen-bond donors (Lipinski definition) is 1. The quantitative estimate of drug-likeness (QED) is 0.644. The molecule has 2 aromatic heterocycles. The van der Waals surface area contributed by atoms with Gasteiger partial charge in [0.1, 0.15) is 0 Å². The second-order valence-corrected chi connectivity index (χ2v) is 6.55. The van der Waals surface area contributed by atoms with Gasteiger partial charge < -0.3 is 8.83 Å². The largest absolute Gasteiger partial charge is 0.444 e. The van der Waals surface area contributed by atoms with Crippen LogP contribution in [0.5, 0.6) is 0 Å². The molecular formula is C15H12BrN3O3S. The third kappa shape index (κ3) is 3.83. The third-order valence-electron chi connectivity index (χ3n) is 2.86. The number of carbonyl (C=O) groups is 1. The van der Waals surface area contributed by atoms with Gasteiger partial charge in [0.05, 0.1) is 0 Å². The number of carbonyl (C=O) groups excluding carboxylic acids is 1. The van der Waals surface area contributed by atoms with Crippen molar-refractivity contribution in [3.63, 3.8) is 0 Å². The van der Waals surface area contributed by atoms with E-state index in [0.29, 0.717) is 16.0 Å². The van der Waals surface area contributed by atoms with Crippen LogP contribution in [0.25, 0.3) is 11.7 Å². The highest BCUT2D eigenvalue weighted by atomic mass is 79.9. The Balaban J connectivity index is 1.69. The van der Waals surface area contributed by atoms with Gasteiger partial charge in [0.2, 0.25) is 0 Å². The van der Waals surface area contributed by atoms with Gasteiger partial charge in [0.15, 0.2) is 10.4 Å². The number of thioether (sulfide) groups is 1. The van der Waals surface area contributed by atoms with Gasteiger partial charge in [-0.15, -0.1) is 16.9 Å². The monoisotopic (exact) mass is 393 g/mol. The Morgan fingerprint density at radius 3 is 2.61 bits per heavy atom. The summed E-state index contributed by atoms with van der Waals surface area (Å²) in [7, 11) is 0. The Morgan fingerprint density at radius 2 is 1.96 bits per heavy atom. The van der Waals surface area contributed by atoms with E-state index in [9.17, 15) is 4.79 Å². The Bertz CT molecular complexity index is 813. The lowest BCUT2D eigenvalue weighted by Crippen LogP contribution is -2.11. The maximum atomic E-state index is 12.2. The fraction of sp³-hybridized carbons (Fsp3) is 0.133. The molecule has 8 heteroatoms. The van der Waals surface area contributed by atoms with Crippen LogP contribution in [0.15, 0.2) is 54.8 Å². The Morgan fingerprint density at radius 1 is 1.17 bits per heavy atom. The van der Waals surface area contributed by atoms with Gasteiger partial charge in [-0.3, -0.25) is 10.1 Å². The lowest BCUT2D eigenvalue weighted by molar-refractivity contribution is 0.102. The molecule has 118 valence electrons. The number of anilines is 1. The van der Waals surface area contributed by atoms with Gasteiger partial charge >= 0.3 is 6.01 Å². The van der Waals surface area contributed by atoms with Crippen LogP contribution in [-0.2, 0) is 0 Å².